The lowest BCUT2D eigenvalue weighted by molar-refractivity contribution is -0.185. The van der Waals surface area contributed by atoms with Crippen molar-refractivity contribution in [3.63, 3.8) is 0 Å². The minimum Gasteiger partial charge on any atom is -0.354 e. The molecule has 0 saturated carbocycles. The van der Waals surface area contributed by atoms with Crippen LogP contribution in [0.5, 0.6) is 0 Å². The second kappa shape index (κ2) is 6.96. The van der Waals surface area contributed by atoms with Crippen LogP contribution in [0.25, 0.3) is 11.1 Å². The smallest absolute Gasteiger partial charge is 0.354 e. The van der Waals surface area contributed by atoms with E-state index in [9.17, 15) is 22.8 Å². The first-order chi connectivity index (χ1) is 13.2. The molecule has 1 fully saturated rings. The van der Waals surface area contributed by atoms with E-state index in [1.165, 1.54) is 39.8 Å². The van der Waals surface area contributed by atoms with Gasteiger partial charge in [-0.3, -0.25) is 9.59 Å². The van der Waals surface area contributed by atoms with Crippen molar-refractivity contribution in [2.24, 2.45) is 0 Å². The van der Waals surface area contributed by atoms with Gasteiger partial charge in [-0.2, -0.15) is 13.2 Å². The fraction of sp³-hybridized carbons (Fsp3) is 0.364. The molecule has 1 heterocycles. The van der Waals surface area contributed by atoms with Crippen LogP contribution in [-0.2, 0) is 20.5 Å². The highest BCUT2D eigenvalue weighted by molar-refractivity contribution is 6.30. The van der Waals surface area contributed by atoms with Crippen molar-refractivity contribution >= 4 is 23.2 Å². The maximum atomic E-state index is 13.8. The molecule has 7 heteroatoms. The monoisotopic (exact) mass is 424 g/mol. The van der Waals surface area contributed by atoms with Gasteiger partial charge < -0.3 is 4.74 Å². The van der Waals surface area contributed by atoms with E-state index in [1.54, 1.807) is 24.3 Å². The molecule has 0 bridgehead atoms. The Morgan fingerprint density at radius 3 is 1.83 bits per heavy atom. The van der Waals surface area contributed by atoms with E-state index in [0.717, 1.165) is 6.07 Å². The molecule has 154 valence electrons. The molecule has 0 amide bonds. The van der Waals surface area contributed by atoms with Gasteiger partial charge in [0.2, 0.25) is 0 Å². The van der Waals surface area contributed by atoms with Gasteiger partial charge in [-0.1, -0.05) is 29.8 Å². The second-order valence-electron chi connectivity index (χ2n) is 8.09. The van der Waals surface area contributed by atoms with Gasteiger partial charge in [0.15, 0.2) is 11.6 Å². The predicted octanol–water partition coefficient (Wildman–Crippen LogP) is 5.84. The molecule has 0 atom stereocenters. The lowest BCUT2D eigenvalue weighted by Gasteiger charge is -2.43. The molecule has 0 radical (unpaired) electrons. The van der Waals surface area contributed by atoms with Crippen LogP contribution >= 0.6 is 11.6 Å². The summed E-state index contributed by atoms with van der Waals surface area (Å²) >= 11 is 5.89. The number of ketones is 2. The summed E-state index contributed by atoms with van der Waals surface area (Å²) in [4.78, 5) is 26.0. The molecule has 0 aliphatic carbocycles. The van der Waals surface area contributed by atoms with E-state index in [0.29, 0.717) is 16.1 Å². The molecule has 2 aromatic carbocycles. The molecule has 3 rings (SSSR count). The Hall–Kier alpha value is -2.18. The number of carbonyl (C=O) groups excluding carboxylic acids is 2. The highest BCUT2D eigenvalue weighted by Gasteiger charge is 2.54. The number of alkyl halides is 3. The van der Waals surface area contributed by atoms with Crippen LogP contribution in [-0.4, -0.2) is 22.8 Å². The average molecular weight is 425 g/mol. The number of ether oxygens (including phenoxy) is 1. The van der Waals surface area contributed by atoms with Gasteiger partial charge >= 0.3 is 6.18 Å². The molecule has 3 nitrogen and oxygen atoms in total. The minimum absolute atomic E-state index is 0.357. The lowest BCUT2D eigenvalue weighted by atomic mass is 9.73. The Balaban J connectivity index is 2.24. The van der Waals surface area contributed by atoms with Gasteiger partial charge in [-0.15, -0.1) is 0 Å². The lowest BCUT2D eigenvalue weighted by Crippen LogP contribution is -2.58. The summed E-state index contributed by atoms with van der Waals surface area (Å²) in [7, 11) is 0. The van der Waals surface area contributed by atoms with E-state index in [-0.39, 0.29) is 5.56 Å². The van der Waals surface area contributed by atoms with Crippen LogP contribution in [0.15, 0.2) is 42.5 Å². The van der Waals surface area contributed by atoms with Crippen molar-refractivity contribution < 1.29 is 27.5 Å². The van der Waals surface area contributed by atoms with E-state index in [1.807, 2.05) is 0 Å². The van der Waals surface area contributed by atoms with Crippen molar-refractivity contribution in [2.45, 2.75) is 51.0 Å². The summed E-state index contributed by atoms with van der Waals surface area (Å²) in [5.41, 5.74) is -3.09. The molecule has 1 saturated heterocycles. The number of halogens is 4. The summed E-state index contributed by atoms with van der Waals surface area (Å²) in [5.74, 6) is -2.96. The Kier molecular flexibility index (Phi) is 5.16. The number of Topliss-reactive ketones (excluding diaryl/α,β-unsaturated/α-hetero) is 2. The first-order valence-electron chi connectivity index (χ1n) is 9.00. The summed E-state index contributed by atoms with van der Waals surface area (Å²) in [5, 5.41) is 0.485. The minimum atomic E-state index is -4.72. The van der Waals surface area contributed by atoms with Crippen molar-refractivity contribution in [3.8, 4) is 11.1 Å². The van der Waals surface area contributed by atoms with Gasteiger partial charge in [0.1, 0.15) is 17.1 Å². The zero-order valence-electron chi connectivity index (χ0n) is 16.4. The topological polar surface area (TPSA) is 43.4 Å². The molecule has 0 spiro atoms. The van der Waals surface area contributed by atoms with Gasteiger partial charge in [-0.05, 0) is 68.7 Å². The Labute approximate surface area is 171 Å². The molecule has 1 aliphatic rings. The second-order valence-corrected chi connectivity index (χ2v) is 8.53. The summed E-state index contributed by atoms with van der Waals surface area (Å²) in [6.07, 6.45) is -4.72. The molecule has 1 aliphatic heterocycles. The van der Waals surface area contributed by atoms with Crippen molar-refractivity contribution in [3.05, 3.63) is 58.6 Å². The molecule has 0 N–H and O–H groups in total. The van der Waals surface area contributed by atoms with Crippen molar-refractivity contribution in [1.29, 1.82) is 0 Å². The quantitative estimate of drug-likeness (QED) is 0.569. The molecule has 29 heavy (non-hydrogen) atoms. The van der Waals surface area contributed by atoms with Crippen molar-refractivity contribution in [2.75, 3.05) is 0 Å². The maximum Gasteiger partial charge on any atom is 0.416 e. The third kappa shape index (κ3) is 3.96. The largest absolute Gasteiger partial charge is 0.416 e. The van der Waals surface area contributed by atoms with Crippen LogP contribution in [0.2, 0.25) is 5.02 Å². The zero-order valence-corrected chi connectivity index (χ0v) is 17.1. The molecular formula is C22H20ClF3O3. The van der Waals surface area contributed by atoms with Crippen LogP contribution in [0.1, 0.15) is 44.7 Å². The fourth-order valence-corrected chi connectivity index (χ4v) is 3.84. The normalized spacial score (nSPS) is 19.4. The van der Waals surface area contributed by atoms with Gasteiger partial charge in [-0.25, -0.2) is 0 Å². The van der Waals surface area contributed by atoms with Crippen LogP contribution in [0, 0.1) is 0 Å². The summed E-state index contributed by atoms with van der Waals surface area (Å²) < 4.78 is 46.9. The third-order valence-electron chi connectivity index (χ3n) is 5.07. The standard InChI is InChI=1S/C22H20ClF3O3/c1-20(2)18(27)17(19(28)21(3,4)29-20)15-11-13(7-10-16(15)22(24,25)26)12-5-8-14(23)9-6-12/h5-11,17H,1-4H3. The molecular weight excluding hydrogens is 405 g/mol. The first kappa shape index (κ1) is 21.5. The van der Waals surface area contributed by atoms with Crippen LogP contribution in [0.3, 0.4) is 0 Å². The Bertz CT molecular complexity index is 950. The molecule has 0 aromatic heterocycles. The van der Waals surface area contributed by atoms with Gasteiger partial charge in [0.05, 0.1) is 5.56 Å². The number of rotatable bonds is 2. The van der Waals surface area contributed by atoms with E-state index in [4.69, 9.17) is 16.3 Å². The Morgan fingerprint density at radius 2 is 1.34 bits per heavy atom. The van der Waals surface area contributed by atoms with E-state index < -0.39 is 40.4 Å². The average Bonchev–Trinajstić information content (AvgIpc) is 2.59. The number of carbonyl (C=O) groups is 2. The SMILES string of the molecule is CC1(C)OC(C)(C)C(=O)C(c2cc(-c3ccc(Cl)cc3)ccc2C(F)(F)F)C1=O. The molecule has 0 unspecified atom stereocenters. The van der Waals surface area contributed by atoms with E-state index in [2.05, 4.69) is 0 Å². The maximum absolute atomic E-state index is 13.8. The molecule has 2 aromatic rings. The van der Waals surface area contributed by atoms with Crippen LogP contribution < -0.4 is 0 Å². The number of hydrogen-bond donors (Lipinski definition) is 0. The van der Waals surface area contributed by atoms with Gasteiger partial charge in [0.25, 0.3) is 0 Å². The summed E-state index contributed by atoms with van der Waals surface area (Å²) in [6, 6.07) is 10.1. The van der Waals surface area contributed by atoms with Gasteiger partial charge in [0, 0.05) is 5.02 Å². The van der Waals surface area contributed by atoms with Crippen molar-refractivity contribution in [1.82, 2.24) is 0 Å². The zero-order chi connectivity index (χ0) is 21.8. The first-order valence-corrected chi connectivity index (χ1v) is 9.38. The Morgan fingerprint density at radius 1 is 0.862 bits per heavy atom. The highest BCUT2D eigenvalue weighted by atomic mass is 35.5. The fourth-order valence-electron chi connectivity index (χ4n) is 3.72. The predicted molar refractivity (Wildman–Crippen MR) is 104 cm³/mol. The number of benzene rings is 2. The highest BCUT2D eigenvalue weighted by Crippen LogP contribution is 2.44. The third-order valence-corrected chi connectivity index (χ3v) is 5.32. The van der Waals surface area contributed by atoms with E-state index >= 15 is 0 Å². The van der Waals surface area contributed by atoms with Crippen LogP contribution in [0.4, 0.5) is 13.2 Å². The number of hydrogen-bond acceptors (Lipinski definition) is 3. The summed E-state index contributed by atoms with van der Waals surface area (Å²) in [6.45, 7) is 5.86.